The largest absolute Gasteiger partial charge is 0.496 e. The molecule has 0 atom stereocenters. The van der Waals surface area contributed by atoms with Gasteiger partial charge in [-0.1, -0.05) is 40.2 Å². The van der Waals surface area contributed by atoms with Crippen LogP contribution in [-0.2, 0) is 23.5 Å². The van der Waals surface area contributed by atoms with Crippen LogP contribution in [0.4, 0.5) is 0 Å². The number of halogens is 1. The highest BCUT2D eigenvalue weighted by atomic mass is 79.9. The fraction of sp³-hybridized carbons (Fsp3) is 0.318. The maximum atomic E-state index is 11.3. The fourth-order valence-corrected chi connectivity index (χ4v) is 6.04. The summed E-state index contributed by atoms with van der Waals surface area (Å²) in [5.41, 5.74) is 9.67. The highest BCUT2D eigenvalue weighted by Gasteiger charge is 2.52. The number of nitrogens with zero attached hydrogens (tertiary/aromatic N) is 3. The van der Waals surface area contributed by atoms with Crippen molar-refractivity contribution in [3.05, 3.63) is 128 Å². The summed E-state index contributed by atoms with van der Waals surface area (Å²) in [6, 6.07) is 16.4. The van der Waals surface area contributed by atoms with Gasteiger partial charge in [-0.05, 0) is 130 Å². The number of aryl methyl sites for hydroxylation is 3. The summed E-state index contributed by atoms with van der Waals surface area (Å²) in [6.07, 6.45) is 11.4. The molecule has 58 heavy (non-hydrogen) atoms. The van der Waals surface area contributed by atoms with E-state index in [9.17, 15) is 14.4 Å². The monoisotopic (exact) mass is 852 g/mol. The second kappa shape index (κ2) is 20.3. The van der Waals surface area contributed by atoms with E-state index in [0.717, 1.165) is 62.0 Å². The van der Waals surface area contributed by atoms with Crippen molar-refractivity contribution in [3.63, 3.8) is 0 Å². The number of benzene rings is 3. The van der Waals surface area contributed by atoms with Gasteiger partial charge in [0.25, 0.3) is 0 Å². The van der Waals surface area contributed by atoms with E-state index in [1.165, 1.54) is 21.3 Å². The molecule has 0 spiro atoms. The quantitative estimate of drug-likeness (QED) is 0.114. The zero-order valence-corrected chi connectivity index (χ0v) is 36.2. The molecule has 0 amide bonds. The Morgan fingerprint density at radius 3 is 1.59 bits per heavy atom. The molecule has 12 nitrogen and oxygen atoms in total. The third-order valence-corrected chi connectivity index (χ3v) is 10.7. The van der Waals surface area contributed by atoms with Crippen molar-refractivity contribution in [1.29, 1.82) is 0 Å². The van der Waals surface area contributed by atoms with Gasteiger partial charge in [0.15, 0.2) is 0 Å². The Kier molecular flexibility index (Phi) is 15.9. The summed E-state index contributed by atoms with van der Waals surface area (Å²) in [7, 11) is 3.89. The Balaban J connectivity index is 0.000000172. The van der Waals surface area contributed by atoms with Crippen LogP contribution < -0.4 is 0 Å². The van der Waals surface area contributed by atoms with Gasteiger partial charge >= 0.3 is 25.0 Å². The minimum atomic E-state index is -0.318. The summed E-state index contributed by atoms with van der Waals surface area (Å²) in [6.45, 7) is 15.6. The number of nitrogens with one attached hydrogen (secondary N) is 1. The van der Waals surface area contributed by atoms with E-state index in [4.69, 9.17) is 9.31 Å². The highest BCUT2D eigenvalue weighted by Crippen LogP contribution is 2.38. The standard InChI is InChI=1S/C13H13NO2.C12H12N2O2.C10H16BNO2.C9H9BrO2/c1-9-7-10(13(15)16-2)3-4-12(9)11-5-6-14-8-11;1-8-5-9(12(15)16-2)3-4-11(8)10-6-13-14-7-10;1-9(2)10(3,4)14-11(13-9)8-5-6-12-7-8;1-6-5-7(9(11)12-2)3-4-8(6)10/h3-5,7-8H,6H2,1-2H3;3-7H,1-2H3,(H,13,14);5,7H,6H2,1-4H3;3-5H,1-2H3. The van der Waals surface area contributed by atoms with Crippen LogP contribution in [-0.4, -0.2) is 93.3 Å². The number of rotatable bonds is 6. The van der Waals surface area contributed by atoms with Crippen molar-refractivity contribution in [2.24, 2.45) is 9.98 Å². The number of aromatic amines is 1. The van der Waals surface area contributed by atoms with Gasteiger partial charge in [0.2, 0.25) is 0 Å². The van der Waals surface area contributed by atoms with E-state index in [-0.39, 0.29) is 36.2 Å². The molecule has 4 aromatic rings. The Hall–Kier alpha value is -5.44. The van der Waals surface area contributed by atoms with Crippen LogP contribution in [0.3, 0.4) is 0 Å². The number of allylic oxidation sites excluding steroid dienone is 2. The van der Waals surface area contributed by atoms with Gasteiger partial charge in [-0.2, -0.15) is 5.10 Å². The molecule has 0 aliphatic carbocycles. The Bertz CT molecular complexity index is 2210. The predicted molar refractivity (Wildman–Crippen MR) is 232 cm³/mol. The molecule has 0 saturated carbocycles. The third-order valence-electron chi connectivity index (χ3n) is 9.84. The molecular weight excluding hydrogens is 803 g/mol. The van der Waals surface area contributed by atoms with E-state index in [0.29, 0.717) is 16.7 Å². The van der Waals surface area contributed by atoms with Gasteiger partial charge < -0.3 is 23.5 Å². The van der Waals surface area contributed by atoms with E-state index in [1.807, 2.05) is 75.8 Å². The normalized spacial score (nSPS) is 15.4. The highest BCUT2D eigenvalue weighted by molar-refractivity contribution is 9.10. The fourth-order valence-electron chi connectivity index (χ4n) is 5.79. The number of hydrogen-bond donors (Lipinski definition) is 1. The molecule has 3 aliphatic rings. The molecule has 1 saturated heterocycles. The third kappa shape index (κ3) is 11.6. The average molecular weight is 854 g/mol. The maximum Gasteiger partial charge on any atom is 0.496 e. The summed E-state index contributed by atoms with van der Waals surface area (Å²) in [5, 5.41) is 6.66. The lowest BCUT2D eigenvalue weighted by molar-refractivity contribution is 0.00578. The predicted octanol–water partition coefficient (Wildman–Crippen LogP) is 8.59. The molecular formula is C44H50BBrN4O8. The number of aromatic nitrogens is 2. The minimum absolute atomic E-state index is 0.244. The molecule has 1 aromatic heterocycles. The molecule has 1 N–H and O–H groups in total. The zero-order chi connectivity index (χ0) is 42.6. The number of carbonyl (C=O) groups is 3. The van der Waals surface area contributed by atoms with Crippen LogP contribution in [0.5, 0.6) is 0 Å². The topological polar surface area (TPSA) is 151 Å². The number of carbonyl (C=O) groups excluding carboxylic acids is 3. The number of esters is 3. The van der Waals surface area contributed by atoms with Gasteiger partial charge in [-0.3, -0.25) is 15.1 Å². The Morgan fingerprint density at radius 1 is 0.690 bits per heavy atom. The Labute approximate surface area is 349 Å². The van der Waals surface area contributed by atoms with Crippen LogP contribution in [0.15, 0.2) is 99.1 Å². The molecule has 304 valence electrons. The van der Waals surface area contributed by atoms with Crippen molar-refractivity contribution < 1.29 is 37.9 Å². The number of H-pyrrole nitrogens is 1. The van der Waals surface area contributed by atoms with E-state index in [2.05, 4.69) is 84.1 Å². The first-order chi connectivity index (χ1) is 27.5. The summed E-state index contributed by atoms with van der Waals surface area (Å²) >= 11 is 3.35. The van der Waals surface area contributed by atoms with Crippen molar-refractivity contribution in [2.75, 3.05) is 34.4 Å². The van der Waals surface area contributed by atoms with Crippen molar-refractivity contribution in [1.82, 2.24) is 10.2 Å². The zero-order valence-electron chi connectivity index (χ0n) is 34.6. The summed E-state index contributed by atoms with van der Waals surface area (Å²) < 4.78 is 26.6. The van der Waals surface area contributed by atoms with Crippen molar-refractivity contribution in [2.45, 2.75) is 59.7 Å². The number of aliphatic imine (C=N–C) groups is 2. The molecule has 1 fully saturated rings. The van der Waals surface area contributed by atoms with E-state index < -0.39 is 0 Å². The second-order valence-corrected chi connectivity index (χ2v) is 15.3. The number of hydrogen-bond acceptors (Lipinski definition) is 11. The average Bonchev–Trinajstić information content (AvgIpc) is 4.05. The van der Waals surface area contributed by atoms with Crippen LogP contribution in [0.2, 0.25) is 0 Å². The molecule has 0 bridgehead atoms. The van der Waals surface area contributed by atoms with Crippen LogP contribution in [0.25, 0.3) is 16.7 Å². The van der Waals surface area contributed by atoms with Crippen molar-refractivity contribution >= 4 is 59.0 Å². The molecule has 4 heterocycles. The second-order valence-electron chi connectivity index (χ2n) is 14.4. The number of methoxy groups -OCH3 is 3. The SMILES string of the molecule is CC1(C)OB(C2=CCN=C2)OC1(C)C.COC(=O)c1ccc(-c2cn[nH]c2)c(C)c1.COC(=O)c1ccc(Br)c(C)c1.COC(=O)c1ccc(C2=CCN=C2)c(C)c1. The first-order valence-electron chi connectivity index (χ1n) is 18.5. The molecule has 7 rings (SSSR count). The van der Waals surface area contributed by atoms with Crippen LogP contribution in [0.1, 0.15) is 81.0 Å². The molecule has 14 heteroatoms. The van der Waals surface area contributed by atoms with E-state index in [1.54, 1.807) is 30.5 Å². The summed E-state index contributed by atoms with van der Waals surface area (Å²) in [5.74, 6) is -0.920. The van der Waals surface area contributed by atoms with Gasteiger partial charge in [-0.25, -0.2) is 14.4 Å². The molecule has 0 unspecified atom stereocenters. The van der Waals surface area contributed by atoms with Crippen LogP contribution >= 0.6 is 15.9 Å². The van der Waals surface area contributed by atoms with Gasteiger partial charge in [-0.15, -0.1) is 0 Å². The number of ether oxygens (including phenoxy) is 3. The summed E-state index contributed by atoms with van der Waals surface area (Å²) in [4.78, 5) is 42.0. The van der Waals surface area contributed by atoms with Crippen LogP contribution in [0, 0.1) is 20.8 Å². The smallest absolute Gasteiger partial charge is 0.465 e. The van der Waals surface area contributed by atoms with Gasteiger partial charge in [0, 0.05) is 28.7 Å². The van der Waals surface area contributed by atoms with Crippen molar-refractivity contribution in [3.8, 4) is 11.1 Å². The minimum Gasteiger partial charge on any atom is -0.465 e. The molecule has 3 aromatic carbocycles. The van der Waals surface area contributed by atoms with Gasteiger partial charge in [0.05, 0.1) is 68.5 Å². The first-order valence-corrected chi connectivity index (χ1v) is 19.3. The lowest BCUT2D eigenvalue weighted by Crippen LogP contribution is -2.41. The lowest BCUT2D eigenvalue weighted by Gasteiger charge is -2.32. The molecule has 0 radical (unpaired) electrons. The lowest BCUT2D eigenvalue weighted by atomic mass is 9.79. The van der Waals surface area contributed by atoms with Gasteiger partial charge in [0.1, 0.15) is 0 Å². The molecule has 3 aliphatic heterocycles. The Morgan fingerprint density at radius 2 is 1.17 bits per heavy atom. The first kappa shape index (κ1) is 45.3. The van der Waals surface area contributed by atoms with E-state index >= 15 is 0 Å². The maximum absolute atomic E-state index is 11.3.